The Bertz CT molecular complexity index is 733. The van der Waals surface area contributed by atoms with E-state index >= 15 is 0 Å². The Morgan fingerprint density at radius 1 is 1.08 bits per heavy atom. The van der Waals surface area contributed by atoms with Crippen LogP contribution >= 0.6 is 24.0 Å². The van der Waals surface area contributed by atoms with Gasteiger partial charge in [0.1, 0.15) is 11.5 Å². The van der Waals surface area contributed by atoms with Crippen molar-refractivity contribution in [2.24, 2.45) is 21.9 Å². The van der Waals surface area contributed by atoms with Gasteiger partial charge in [0.2, 0.25) is 5.91 Å². The molecule has 0 aromatic heterocycles. The number of carbonyl (C=O) groups excluding carboxylic acids is 1. The number of aliphatic imine (C=N–C) groups is 1. The number of hydrogen-bond donors (Lipinski definition) is 3. The van der Waals surface area contributed by atoms with Crippen LogP contribution in [0.15, 0.2) is 59.6 Å². The number of primary amides is 1. The summed E-state index contributed by atoms with van der Waals surface area (Å²) in [4.78, 5) is 15.5. The molecule has 0 bridgehead atoms. The Morgan fingerprint density at radius 3 is 2.36 bits per heavy atom. The quantitative estimate of drug-likeness (QED) is 0.354. The molecule has 0 saturated heterocycles. The summed E-state index contributed by atoms with van der Waals surface area (Å²) in [5.74, 6) is 1.22. The van der Waals surface area contributed by atoms with Gasteiger partial charge in [-0.05, 0) is 38.1 Å². The van der Waals surface area contributed by atoms with Crippen LogP contribution in [0, 0.1) is 5.41 Å². The van der Waals surface area contributed by atoms with Crippen molar-refractivity contribution in [3.8, 4) is 11.5 Å². The number of benzene rings is 2. The number of carbonyl (C=O) groups is 1. The standard InChI is InChI=1S/C18H22N4O2.HI/c1-18(2,16(19)23)12-21-17(20)22-13-7-6-10-15(11-13)24-14-8-4-3-5-9-14;/h3-11H,12H2,1-2H3,(H2,19,23)(H3,20,21,22);1H. The topological polar surface area (TPSA) is 103 Å². The third-order valence-corrected chi connectivity index (χ3v) is 3.40. The minimum Gasteiger partial charge on any atom is -0.457 e. The lowest BCUT2D eigenvalue weighted by Gasteiger charge is -2.17. The average Bonchev–Trinajstić information content (AvgIpc) is 2.54. The molecule has 0 unspecified atom stereocenters. The van der Waals surface area contributed by atoms with Crippen LogP contribution < -0.4 is 21.5 Å². The molecule has 134 valence electrons. The Kier molecular flexibility index (Phi) is 7.69. The van der Waals surface area contributed by atoms with Gasteiger partial charge in [0.25, 0.3) is 0 Å². The zero-order chi connectivity index (χ0) is 17.6. The van der Waals surface area contributed by atoms with Crippen molar-refractivity contribution in [1.29, 1.82) is 0 Å². The molecule has 1 amide bonds. The molecule has 6 nitrogen and oxygen atoms in total. The fourth-order valence-electron chi connectivity index (χ4n) is 1.81. The maximum Gasteiger partial charge on any atom is 0.224 e. The highest BCUT2D eigenvalue weighted by Gasteiger charge is 2.24. The molecule has 2 rings (SSSR count). The van der Waals surface area contributed by atoms with Crippen molar-refractivity contribution in [2.45, 2.75) is 13.8 Å². The SMILES string of the molecule is CC(C)(CN=C(N)Nc1cccc(Oc2ccccc2)c1)C(N)=O.I. The van der Waals surface area contributed by atoms with Gasteiger partial charge in [-0.25, -0.2) is 0 Å². The lowest BCUT2D eigenvalue weighted by atomic mass is 9.93. The Hall–Kier alpha value is -2.29. The first-order chi connectivity index (χ1) is 11.4. The molecular formula is C18H23IN4O2. The van der Waals surface area contributed by atoms with Crippen molar-refractivity contribution in [2.75, 3.05) is 11.9 Å². The van der Waals surface area contributed by atoms with Gasteiger partial charge in [-0.15, -0.1) is 24.0 Å². The van der Waals surface area contributed by atoms with E-state index in [2.05, 4.69) is 10.3 Å². The highest BCUT2D eigenvalue weighted by molar-refractivity contribution is 14.0. The molecular weight excluding hydrogens is 431 g/mol. The first-order valence-corrected chi connectivity index (χ1v) is 7.57. The summed E-state index contributed by atoms with van der Waals surface area (Å²) in [6.45, 7) is 3.66. The molecule has 25 heavy (non-hydrogen) atoms. The van der Waals surface area contributed by atoms with Gasteiger partial charge >= 0.3 is 0 Å². The molecule has 0 heterocycles. The minimum absolute atomic E-state index is 0. The van der Waals surface area contributed by atoms with E-state index in [1.165, 1.54) is 0 Å². The molecule has 0 aliphatic heterocycles. The van der Waals surface area contributed by atoms with Crippen LogP contribution in [0.5, 0.6) is 11.5 Å². The number of hydrogen-bond acceptors (Lipinski definition) is 3. The van der Waals surface area contributed by atoms with Crippen LogP contribution in [0.2, 0.25) is 0 Å². The number of para-hydroxylation sites is 1. The third-order valence-electron chi connectivity index (χ3n) is 3.40. The Balaban J connectivity index is 0.00000312. The number of anilines is 1. The van der Waals surface area contributed by atoms with Gasteiger partial charge in [0, 0.05) is 11.8 Å². The smallest absolute Gasteiger partial charge is 0.224 e. The fourth-order valence-corrected chi connectivity index (χ4v) is 1.81. The number of halogens is 1. The Morgan fingerprint density at radius 2 is 1.72 bits per heavy atom. The van der Waals surface area contributed by atoms with Crippen molar-refractivity contribution in [3.63, 3.8) is 0 Å². The minimum atomic E-state index is -0.745. The van der Waals surface area contributed by atoms with Crippen LogP contribution in [-0.2, 0) is 4.79 Å². The predicted octanol–water partition coefficient (Wildman–Crippen LogP) is 3.34. The first-order valence-electron chi connectivity index (χ1n) is 7.57. The molecule has 0 fully saturated rings. The number of nitrogens with zero attached hydrogens (tertiary/aromatic N) is 1. The highest BCUT2D eigenvalue weighted by Crippen LogP contribution is 2.23. The van der Waals surface area contributed by atoms with Crippen molar-refractivity contribution < 1.29 is 9.53 Å². The number of rotatable bonds is 6. The van der Waals surface area contributed by atoms with Crippen molar-refractivity contribution in [3.05, 3.63) is 54.6 Å². The van der Waals surface area contributed by atoms with E-state index in [0.29, 0.717) is 5.75 Å². The normalized spacial score (nSPS) is 11.4. The van der Waals surface area contributed by atoms with Gasteiger partial charge < -0.3 is 21.5 Å². The largest absolute Gasteiger partial charge is 0.457 e. The molecule has 2 aromatic carbocycles. The maximum absolute atomic E-state index is 11.3. The fraction of sp³-hybridized carbons (Fsp3) is 0.222. The van der Waals surface area contributed by atoms with Gasteiger partial charge in [-0.2, -0.15) is 0 Å². The van der Waals surface area contributed by atoms with Gasteiger partial charge in [0.15, 0.2) is 5.96 Å². The summed E-state index contributed by atoms with van der Waals surface area (Å²) in [5, 5.41) is 2.98. The third kappa shape index (κ3) is 6.61. The molecule has 0 aliphatic carbocycles. The van der Waals surface area contributed by atoms with E-state index in [4.69, 9.17) is 16.2 Å². The molecule has 0 radical (unpaired) electrons. The summed E-state index contributed by atoms with van der Waals surface area (Å²) >= 11 is 0. The zero-order valence-electron chi connectivity index (χ0n) is 14.2. The number of guanidine groups is 1. The van der Waals surface area contributed by atoms with Crippen LogP contribution in [-0.4, -0.2) is 18.4 Å². The second-order valence-electron chi connectivity index (χ2n) is 6.02. The molecule has 0 atom stereocenters. The number of amides is 1. The lowest BCUT2D eigenvalue weighted by molar-refractivity contribution is -0.125. The molecule has 0 saturated carbocycles. The number of ether oxygens (including phenoxy) is 1. The summed E-state index contributed by atoms with van der Waals surface area (Å²) in [7, 11) is 0. The average molecular weight is 454 g/mol. The summed E-state index contributed by atoms with van der Waals surface area (Å²) < 4.78 is 5.76. The van der Waals surface area contributed by atoms with E-state index in [0.717, 1.165) is 11.4 Å². The van der Waals surface area contributed by atoms with E-state index in [9.17, 15) is 4.79 Å². The molecule has 2 aromatic rings. The number of nitrogens with two attached hydrogens (primary N) is 2. The lowest BCUT2D eigenvalue weighted by Crippen LogP contribution is -2.35. The van der Waals surface area contributed by atoms with Crippen LogP contribution in [0.3, 0.4) is 0 Å². The molecule has 0 aliphatic rings. The van der Waals surface area contributed by atoms with E-state index in [1.54, 1.807) is 13.8 Å². The second kappa shape index (κ2) is 9.26. The van der Waals surface area contributed by atoms with Gasteiger partial charge in [0.05, 0.1) is 12.0 Å². The van der Waals surface area contributed by atoms with E-state index < -0.39 is 11.3 Å². The zero-order valence-corrected chi connectivity index (χ0v) is 16.6. The van der Waals surface area contributed by atoms with Crippen LogP contribution in [0.1, 0.15) is 13.8 Å². The second-order valence-corrected chi connectivity index (χ2v) is 6.02. The maximum atomic E-state index is 11.3. The van der Waals surface area contributed by atoms with Crippen molar-refractivity contribution in [1.82, 2.24) is 0 Å². The summed E-state index contributed by atoms with van der Waals surface area (Å²) in [5.41, 5.74) is 11.2. The summed E-state index contributed by atoms with van der Waals surface area (Å²) in [6.07, 6.45) is 0. The van der Waals surface area contributed by atoms with E-state index in [-0.39, 0.29) is 36.5 Å². The molecule has 7 heteroatoms. The highest BCUT2D eigenvalue weighted by atomic mass is 127. The monoisotopic (exact) mass is 454 g/mol. The van der Waals surface area contributed by atoms with Crippen LogP contribution in [0.25, 0.3) is 0 Å². The Labute approximate surface area is 164 Å². The molecule has 0 spiro atoms. The van der Waals surface area contributed by atoms with Crippen LogP contribution in [0.4, 0.5) is 5.69 Å². The van der Waals surface area contributed by atoms with Gasteiger partial charge in [-0.1, -0.05) is 24.3 Å². The summed E-state index contributed by atoms with van der Waals surface area (Å²) in [6, 6.07) is 16.8. The first kappa shape index (κ1) is 20.8. The van der Waals surface area contributed by atoms with Crippen molar-refractivity contribution >= 4 is 41.5 Å². The number of nitrogens with one attached hydrogen (secondary N) is 1. The van der Waals surface area contributed by atoms with Gasteiger partial charge in [-0.3, -0.25) is 9.79 Å². The molecule has 5 N–H and O–H groups in total. The van der Waals surface area contributed by atoms with E-state index in [1.807, 2.05) is 54.6 Å². The predicted molar refractivity (Wildman–Crippen MR) is 111 cm³/mol.